The minimum Gasteiger partial charge on any atom is -0.428 e. The van der Waals surface area contributed by atoms with Crippen LogP contribution in [0.4, 0.5) is 4.79 Å². The van der Waals surface area contributed by atoms with E-state index in [2.05, 4.69) is 0 Å². The number of ether oxygens (including phenoxy) is 2. The zero-order valence-electron chi connectivity index (χ0n) is 8.72. The minimum absolute atomic E-state index is 0.346. The molecule has 0 spiro atoms. The lowest BCUT2D eigenvalue weighted by molar-refractivity contribution is -0.0464. The summed E-state index contributed by atoms with van der Waals surface area (Å²) in [6.45, 7) is 3.54. The molecule has 0 amide bonds. The first-order chi connectivity index (χ1) is 6.52. The maximum Gasteiger partial charge on any atom is 0.510 e. The third-order valence-electron chi connectivity index (χ3n) is 2.50. The smallest absolute Gasteiger partial charge is 0.428 e. The van der Waals surface area contributed by atoms with Crippen molar-refractivity contribution >= 4 is 17.8 Å². The van der Waals surface area contributed by atoms with Gasteiger partial charge >= 0.3 is 6.16 Å². The van der Waals surface area contributed by atoms with Crippen molar-refractivity contribution in [1.82, 2.24) is 0 Å². The van der Waals surface area contributed by atoms with Crippen molar-refractivity contribution in [1.29, 1.82) is 0 Å². The van der Waals surface area contributed by atoms with E-state index in [9.17, 15) is 4.79 Å². The van der Waals surface area contributed by atoms with E-state index in [0.29, 0.717) is 0 Å². The van der Waals surface area contributed by atoms with Crippen LogP contribution in [0.5, 0.6) is 0 Å². The van der Waals surface area contributed by atoms with Gasteiger partial charge in [0.25, 0.3) is 0 Å². The molecule has 0 aliphatic heterocycles. The topological polar surface area (TPSA) is 35.5 Å². The Balaban J connectivity index is 2.37. The van der Waals surface area contributed by atoms with Crippen molar-refractivity contribution in [3.63, 3.8) is 0 Å². The predicted molar refractivity (Wildman–Crippen MR) is 54.4 cm³/mol. The average Bonchev–Trinajstić information content (AvgIpc) is 2.02. The van der Waals surface area contributed by atoms with Gasteiger partial charge < -0.3 is 9.47 Å². The van der Waals surface area contributed by atoms with Gasteiger partial charge in [0, 0.05) is 0 Å². The van der Waals surface area contributed by atoms with Gasteiger partial charge in [0.2, 0.25) is 0 Å². The van der Waals surface area contributed by atoms with Crippen LogP contribution >= 0.6 is 11.6 Å². The molecule has 1 unspecified atom stereocenters. The quantitative estimate of drug-likeness (QED) is 0.528. The van der Waals surface area contributed by atoms with Crippen LogP contribution in [0.1, 0.15) is 46.0 Å². The fourth-order valence-electron chi connectivity index (χ4n) is 1.76. The minimum atomic E-state index is -0.656. The Bertz CT molecular complexity index is 198. The number of halogens is 1. The number of hydrogen-bond donors (Lipinski definition) is 0. The van der Waals surface area contributed by atoms with Gasteiger partial charge in [-0.15, -0.1) is 0 Å². The Labute approximate surface area is 89.7 Å². The lowest BCUT2D eigenvalue weighted by atomic mass is 9.86. The number of alkyl halides is 1. The van der Waals surface area contributed by atoms with Crippen LogP contribution in [-0.2, 0) is 9.47 Å². The van der Waals surface area contributed by atoms with E-state index in [1.807, 2.05) is 6.92 Å². The van der Waals surface area contributed by atoms with Gasteiger partial charge in [0.15, 0.2) is 5.56 Å². The van der Waals surface area contributed by atoms with Crippen LogP contribution in [0, 0.1) is 0 Å². The second-order valence-electron chi connectivity index (χ2n) is 4.02. The van der Waals surface area contributed by atoms with Crippen LogP contribution in [0.3, 0.4) is 0 Å². The van der Waals surface area contributed by atoms with Crippen molar-refractivity contribution < 1.29 is 14.3 Å². The van der Waals surface area contributed by atoms with E-state index in [-0.39, 0.29) is 5.60 Å². The summed E-state index contributed by atoms with van der Waals surface area (Å²) >= 11 is 5.51. The zero-order valence-corrected chi connectivity index (χ0v) is 9.47. The standard InChI is InChI=1S/C10H17ClO3/c1-8(11)13-9(12)14-10(2)6-4-3-5-7-10/h8H,3-7H2,1-2H3. The van der Waals surface area contributed by atoms with E-state index in [0.717, 1.165) is 25.7 Å². The summed E-state index contributed by atoms with van der Waals surface area (Å²) in [5.41, 5.74) is -0.976. The molecule has 0 N–H and O–H groups in total. The molecule has 1 aliphatic rings. The molecule has 0 aromatic carbocycles. The highest BCUT2D eigenvalue weighted by Crippen LogP contribution is 2.31. The molecule has 1 fully saturated rings. The van der Waals surface area contributed by atoms with Crippen molar-refractivity contribution in [2.45, 2.75) is 57.1 Å². The Morgan fingerprint density at radius 3 is 2.43 bits per heavy atom. The average molecular weight is 221 g/mol. The van der Waals surface area contributed by atoms with E-state index in [1.54, 1.807) is 6.92 Å². The Morgan fingerprint density at radius 2 is 1.93 bits per heavy atom. The highest BCUT2D eigenvalue weighted by atomic mass is 35.5. The summed E-state index contributed by atoms with van der Waals surface area (Å²) in [6.07, 6.45) is 4.62. The molecule has 1 saturated carbocycles. The summed E-state index contributed by atoms with van der Waals surface area (Å²) in [5.74, 6) is 0. The van der Waals surface area contributed by atoms with Gasteiger partial charge in [-0.25, -0.2) is 4.79 Å². The second kappa shape index (κ2) is 4.87. The van der Waals surface area contributed by atoms with Crippen molar-refractivity contribution in [3.8, 4) is 0 Å². The van der Waals surface area contributed by atoms with Crippen molar-refractivity contribution in [2.24, 2.45) is 0 Å². The number of carbonyl (C=O) groups excluding carboxylic acids is 1. The fraction of sp³-hybridized carbons (Fsp3) is 0.900. The van der Waals surface area contributed by atoms with Crippen LogP contribution < -0.4 is 0 Å². The number of carbonyl (C=O) groups is 1. The monoisotopic (exact) mass is 220 g/mol. The molecule has 0 saturated heterocycles. The molecule has 1 rings (SSSR count). The summed E-state index contributed by atoms with van der Waals surface area (Å²) in [7, 11) is 0. The van der Waals surface area contributed by atoms with Crippen LogP contribution in [-0.4, -0.2) is 17.3 Å². The molecule has 0 aromatic heterocycles. The molecule has 0 bridgehead atoms. The summed E-state index contributed by atoms with van der Waals surface area (Å²) in [6, 6.07) is 0. The molecule has 0 radical (unpaired) electrons. The molecule has 1 aliphatic carbocycles. The summed E-state index contributed by atoms with van der Waals surface area (Å²) in [4.78, 5) is 11.2. The maximum absolute atomic E-state index is 11.2. The highest BCUT2D eigenvalue weighted by molar-refractivity contribution is 6.19. The lowest BCUT2D eigenvalue weighted by Gasteiger charge is -2.32. The first-order valence-corrected chi connectivity index (χ1v) is 5.49. The van der Waals surface area contributed by atoms with Gasteiger partial charge in [-0.05, 0) is 39.5 Å². The van der Waals surface area contributed by atoms with E-state index >= 15 is 0 Å². The zero-order chi connectivity index (χ0) is 10.6. The van der Waals surface area contributed by atoms with Crippen LogP contribution in [0.25, 0.3) is 0 Å². The predicted octanol–water partition coefficient (Wildman–Crippen LogP) is 3.45. The molecule has 0 aromatic rings. The second-order valence-corrected chi connectivity index (χ2v) is 4.64. The SMILES string of the molecule is CC(Cl)OC(=O)OC1(C)CCCCC1. The third-order valence-corrected chi connectivity index (χ3v) is 2.59. The largest absolute Gasteiger partial charge is 0.510 e. The number of hydrogen-bond acceptors (Lipinski definition) is 3. The third kappa shape index (κ3) is 3.74. The first kappa shape index (κ1) is 11.6. The molecule has 82 valence electrons. The molecule has 0 heterocycles. The summed E-state index contributed by atoms with van der Waals surface area (Å²) in [5, 5.41) is 0. The van der Waals surface area contributed by atoms with Crippen molar-refractivity contribution in [2.75, 3.05) is 0 Å². The summed E-state index contributed by atoms with van der Waals surface area (Å²) < 4.78 is 9.97. The van der Waals surface area contributed by atoms with Gasteiger partial charge in [-0.1, -0.05) is 18.0 Å². The Hall–Kier alpha value is -0.440. The van der Waals surface area contributed by atoms with Gasteiger partial charge in [-0.3, -0.25) is 0 Å². The molecule has 4 heteroatoms. The van der Waals surface area contributed by atoms with Crippen LogP contribution in [0.2, 0.25) is 0 Å². The maximum atomic E-state index is 11.2. The van der Waals surface area contributed by atoms with E-state index < -0.39 is 11.7 Å². The van der Waals surface area contributed by atoms with Crippen molar-refractivity contribution in [3.05, 3.63) is 0 Å². The van der Waals surface area contributed by atoms with Gasteiger partial charge in [0.05, 0.1) is 0 Å². The molecule has 1 atom stereocenters. The highest BCUT2D eigenvalue weighted by Gasteiger charge is 2.31. The molecular formula is C10H17ClO3. The molecule has 3 nitrogen and oxygen atoms in total. The van der Waals surface area contributed by atoms with Crippen LogP contribution in [0.15, 0.2) is 0 Å². The lowest BCUT2D eigenvalue weighted by Crippen LogP contribution is -2.34. The normalized spacial score (nSPS) is 22.5. The Morgan fingerprint density at radius 1 is 1.36 bits per heavy atom. The molecule has 14 heavy (non-hydrogen) atoms. The van der Waals surface area contributed by atoms with Gasteiger partial charge in [0.1, 0.15) is 5.60 Å². The number of rotatable bonds is 2. The first-order valence-electron chi connectivity index (χ1n) is 5.05. The Kier molecular flexibility index (Phi) is 4.05. The fourth-order valence-corrected chi connectivity index (χ4v) is 1.83. The van der Waals surface area contributed by atoms with E-state index in [1.165, 1.54) is 6.42 Å². The molecular weight excluding hydrogens is 204 g/mol. The van der Waals surface area contributed by atoms with Gasteiger partial charge in [-0.2, -0.15) is 0 Å². The van der Waals surface area contributed by atoms with E-state index in [4.69, 9.17) is 21.1 Å².